The molecule has 6 heteroatoms. The van der Waals surface area contributed by atoms with Crippen molar-refractivity contribution in [2.75, 3.05) is 11.9 Å². The smallest absolute Gasteiger partial charge is 0.262 e. The van der Waals surface area contributed by atoms with Crippen LogP contribution in [0.5, 0.6) is 5.75 Å². The molecule has 0 aliphatic heterocycles. The summed E-state index contributed by atoms with van der Waals surface area (Å²) in [5, 5.41) is 3.14. The van der Waals surface area contributed by atoms with Crippen LogP contribution in [0.2, 0.25) is 5.02 Å². The summed E-state index contributed by atoms with van der Waals surface area (Å²) in [6.07, 6.45) is 3.20. The summed E-state index contributed by atoms with van der Waals surface area (Å²) in [7, 11) is 0. The molecule has 1 aromatic carbocycles. The van der Waals surface area contributed by atoms with Crippen LogP contribution in [0.3, 0.4) is 0 Å². The number of pyridine rings is 1. The van der Waals surface area contributed by atoms with Crippen molar-refractivity contribution >= 4 is 39.1 Å². The highest BCUT2D eigenvalue weighted by atomic mass is 79.9. The second-order valence-electron chi connectivity index (χ2n) is 3.65. The number of anilines is 1. The van der Waals surface area contributed by atoms with Crippen LogP contribution in [-0.2, 0) is 4.79 Å². The number of ether oxygens (including phenoxy) is 1. The predicted octanol–water partition coefficient (Wildman–Crippen LogP) is 3.52. The van der Waals surface area contributed by atoms with E-state index in [1.165, 1.54) is 0 Å². The lowest BCUT2D eigenvalue weighted by Gasteiger charge is -2.08. The van der Waals surface area contributed by atoms with Gasteiger partial charge in [-0.2, -0.15) is 0 Å². The minimum atomic E-state index is -0.259. The first-order valence-electron chi connectivity index (χ1n) is 5.43. The number of aromatic nitrogens is 1. The molecule has 1 amide bonds. The number of hydrogen-bond donors (Lipinski definition) is 1. The SMILES string of the molecule is O=C(COc1ccc(Br)cc1Cl)Nc1ccncc1. The first-order valence-corrected chi connectivity index (χ1v) is 6.60. The second-order valence-corrected chi connectivity index (χ2v) is 4.97. The first-order chi connectivity index (χ1) is 9.15. The number of carbonyl (C=O) groups excluding carboxylic acids is 1. The number of halogens is 2. The standard InChI is InChI=1S/C13H10BrClN2O2/c14-9-1-2-12(11(15)7-9)19-8-13(18)17-10-3-5-16-6-4-10/h1-7H,8H2,(H,16,17,18). The van der Waals surface area contributed by atoms with Crippen molar-refractivity contribution in [3.8, 4) is 5.75 Å². The van der Waals surface area contributed by atoms with Crippen molar-refractivity contribution in [3.05, 3.63) is 52.2 Å². The van der Waals surface area contributed by atoms with Gasteiger partial charge >= 0.3 is 0 Å². The van der Waals surface area contributed by atoms with Gasteiger partial charge in [-0.05, 0) is 30.3 Å². The molecular formula is C13H10BrClN2O2. The van der Waals surface area contributed by atoms with Crippen molar-refractivity contribution in [3.63, 3.8) is 0 Å². The summed E-state index contributed by atoms with van der Waals surface area (Å²) >= 11 is 9.27. The van der Waals surface area contributed by atoms with Crippen LogP contribution in [0.25, 0.3) is 0 Å². The normalized spacial score (nSPS) is 10.0. The van der Waals surface area contributed by atoms with Crippen molar-refractivity contribution in [2.45, 2.75) is 0 Å². The van der Waals surface area contributed by atoms with Gasteiger partial charge in [0, 0.05) is 22.6 Å². The topological polar surface area (TPSA) is 51.2 Å². The molecule has 0 fully saturated rings. The van der Waals surface area contributed by atoms with E-state index in [4.69, 9.17) is 16.3 Å². The van der Waals surface area contributed by atoms with Gasteiger partial charge in [0.1, 0.15) is 5.75 Å². The average Bonchev–Trinajstić information content (AvgIpc) is 2.39. The van der Waals surface area contributed by atoms with E-state index in [-0.39, 0.29) is 12.5 Å². The fourth-order valence-corrected chi connectivity index (χ4v) is 2.10. The van der Waals surface area contributed by atoms with Crippen LogP contribution in [0.1, 0.15) is 0 Å². The Morgan fingerprint density at radius 3 is 2.74 bits per heavy atom. The van der Waals surface area contributed by atoms with Gasteiger partial charge in [-0.25, -0.2) is 0 Å². The third-order valence-electron chi connectivity index (χ3n) is 2.22. The molecule has 19 heavy (non-hydrogen) atoms. The van der Waals surface area contributed by atoms with Crippen molar-refractivity contribution in [1.29, 1.82) is 0 Å². The molecule has 0 saturated heterocycles. The minimum absolute atomic E-state index is 0.107. The predicted molar refractivity (Wildman–Crippen MR) is 77.5 cm³/mol. The van der Waals surface area contributed by atoms with Gasteiger partial charge in [-0.1, -0.05) is 27.5 Å². The number of carbonyl (C=O) groups is 1. The van der Waals surface area contributed by atoms with Crippen LogP contribution in [0, 0.1) is 0 Å². The molecule has 2 rings (SSSR count). The molecule has 2 aromatic rings. The van der Waals surface area contributed by atoms with Gasteiger partial charge < -0.3 is 10.1 Å². The molecule has 1 N–H and O–H groups in total. The van der Waals surface area contributed by atoms with Gasteiger partial charge in [-0.3, -0.25) is 9.78 Å². The monoisotopic (exact) mass is 340 g/mol. The van der Waals surface area contributed by atoms with Crippen LogP contribution in [0.15, 0.2) is 47.2 Å². The molecule has 0 radical (unpaired) electrons. The third-order valence-corrected chi connectivity index (χ3v) is 3.01. The van der Waals surface area contributed by atoms with E-state index < -0.39 is 0 Å². The van der Waals surface area contributed by atoms with Gasteiger partial charge in [0.25, 0.3) is 5.91 Å². The van der Waals surface area contributed by atoms with Gasteiger partial charge in [0.2, 0.25) is 0 Å². The first kappa shape index (κ1) is 13.8. The lowest BCUT2D eigenvalue weighted by Crippen LogP contribution is -2.20. The molecule has 0 bridgehead atoms. The molecule has 0 aliphatic rings. The van der Waals surface area contributed by atoms with E-state index in [2.05, 4.69) is 26.2 Å². The quantitative estimate of drug-likeness (QED) is 0.926. The maximum atomic E-state index is 11.7. The average molecular weight is 342 g/mol. The summed E-state index contributed by atoms with van der Waals surface area (Å²) in [4.78, 5) is 15.5. The number of amides is 1. The highest BCUT2D eigenvalue weighted by Gasteiger charge is 2.06. The Morgan fingerprint density at radius 1 is 1.32 bits per heavy atom. The molecule has 1 aromatic heterocycles. The lowest BCUT2D eigenvalue weighted by atomic mass is 10.3. The number of rotatable bonds is 4. The molecule has 0 saturated carbocycles. The Bertz CT molecular complexity index is 578. The molecular weight excluding hydrogens is 332 g/mol. The Morgan fingerprint density at radius 2 is 2.05 bits per heavy atom. The highest BCUT2D eigenvalue weighted by molar-refractivity contribution is 9.10. The van der Waals surface area contributed by atoms with E-state index in [0.717, 1.165) is 4.47 Å². The zero-order valence-electron chi connectivity index (χ0n) is 9.77. The van der Waals surface area contributed by atoms with Crippen LogP contribution in [0.4, 0.5) is 5.69 Å². The van der Waals surface area contributed by atoms with Crippen molar-refractivity contribution in [2.24, 2.45) is 0 Å². The van der Waals surface area contributed by atoms with Gasteiger partial charge in [-0.15, -0.1) is 0 Å². The fraction of sp³-hybridized carbons (Fsp3) is 0.0769. The molecule has 98 valence electrons. The minimum Gasteiger partial charge on any atom is -0.482 e. The molecule has 0 unspecified atom stereocenters. The Hall–Kier alpha value is -1.59. The van der Waals surface area contributed by atoms with Crippen LogP contribution in [-0.4, -0.2) is 17.5 Å². The maximum Gasteiger partial charge on any atom is 0.262 e. The van der Waals surface area contributed by atoms with Gasteiger partial charge in [0.05, 0.1) is 5.02 Å². The van der Waals surface area contributed by atoms with E-state index >= 15 is 0 Å². The molecule has 0 atom stereocenters. The van der Waals surface area contributed by atoms with Crippen LogP contribution >= 0.6 is 27.5 Å². The number of benzene rings is 1. The summed E-state index contributed by atoms with van der Waals surface area (Å²) in [5.41, 5.74) is 0.672. The summed E-state index contributed by atoms with van der Waals surface area (Å²) in [6, 6.07) is 8.60. The zero-order valence-corrected chi connectivity index (χ0v) is 12.1. The summed E-state index contributed by atoms with van der Waals surface area (Å²) in [6.45, 7) is -0.107. The second kappa shape index (κ2) is 6.54. The Kier molecular flexibility index (Phi) is 4.76. The zero-order chi connectivity index (χ0) is 13.7. The van der Waals surface area contributed by atoms with Crippen molar-refractivity contribution < 1.29 is 9.53 Å². The van der Waals surface area contributed by atoms with Gasteiger partial charge in [0.15, 0.2) is 6.61 Å². The number of nitrogens with zero attached hydrogens (tertiary/aromatic N) is 1. The molecule has 0 spiro atoms. The Balaban J connectivity index is 1.90. The Labute approximate surface area is 123 Å². The largest absolute Gasteiger partial charge is 0.482 e. The van der Waals surface area contributed by atoms with Crippen LogP contribution < -0.4 is 10.1 Å². The highest BCUT2D eigenvalue weighted by Crippen LogP contribution is 2.27. The maximum absolute atomic E-state index is 11.7. The fourth-order valence-electron chi connectivity index (χ4n) is 1.37. The van der Waals surface area contributed by atoms with Crippen molar-refractivity contribution in [1.82, 2.24) is 4.98 Å². The number of hydrogen-bond acceptors (Lipinski definition) is 3. The van der Waals surface area contributed by atoms with E-state index in [1.807, 2.05) is 0 Å². The summed E-state index contributed by atoms with van der Waals surface area (Å²) < 4.78 is 6.20. The van der Waals surface area contributed by atoms with E-state index in [1.54, 1.807) is 42.7 Å². The molecule has 0 aliphatic carbocycles. The van der Waals surface area contributed by atoms with E-state index in [0.29, 0.717) is 16.5 Å². The lowest BCUT2D eigenvalue weighted by molar-refractivity contribution is -0.118. The third kappa shape index (κ3) is 4.22. The molecule has 1 heterocycles. The molecule has 4 nitrogen and oxygen atoms in total. The van der Waals surface area contributed by atoms with E-state index in [9.17, 15) is 4.79 Å². The summed E-state index contributed by atoms with van der Waals surface area (Å²) in [5.74, 6) is 0.208. The number of nitrogens with one attached hydrogen (secondary N) is 1.